The van der Waals surface area contributed by atoms with Gasteiger partial charge >= 0.3 is 11.8 Å². The molecule has 2 aromatic heterocycles. The van der Waals surface area contributed by atoms with E-state index in [4.69, 9.17) is 0 Å². The van der Waals surface area contributed by atoms with Crippen molar-refractivity contribution < 1.29 is 14.3 Å². The van der Waals surface area contributed by atoms with Crippen molar-refractivity contribution in [3.63, 3.8) is 0 Å². The zero-order valence-corrected chi connectivity index (χ0v) is 15.7. The van der Waals surface area contributed by atoms with E-state index in [1.807, 2.05) is 0 Å². The zero-order valence-electron chi connectivity index (χ0n) is 15.7. The molecule has 1 aliphatic heterocycles. The molecule has 2 N–H and O–H groups in total. The van der Waals surface area contributed by atoms with Gasteiger partial charge in [0.15, 0.2) is 0 Å². The highest BCUT2D eigenvalue weighted by Crippen LogP contribution is 2.37. The van der Waals surface area contributed by atoms with Crippen LogP contribution >= 0.6 is 0 Å². The lowest BCUT2D eigenvalue weighted by Crippen LogP contribution is -2.40. The molecule has 9 heteroatoms. The van der Waals surface area contributed by atoms with E-state index in [-0.39, 0.29) is 11.5 Å². The lowest BCUT2D eigenvalue weighted by atomic mass is 10.0. The van der Waals surface area contributed by atoms with Gasteiger partial charge in [0.25, 0.3) is 0 Å². The third-order valence-corrected chi connectivity index (χ3v) is 5.23. The minimum atomic E-state index is -1.03. The van der Waals surface area contributed by atoms with Crippen LogP contribution in [-0.4, -0.2) is 42.0 Å². The molecular formula is C19H20FN5O3. The van der Waals surface area contributed by atoms with Crippen LogP contribution in [0.2, 0.25) is 0 Å². The minimum absolute atomic E-state index is 0.279. The number of aromatic amines is 1. The number of rotatable bonds is 2. The molecule has 0 fully saturated rings. The molecule has 0 spiro atoms. The van der Waals surface area contributed by atoms with Gasteiger partial charge in [-0.1, -0.05) is 0 Å². The van der Waals surface area contributed by atoms with Crippen molar-refractivity contribution in [1.82, 2.24) is 24.2 Å². The number of amides is 1. The Kier molecular flexibility index (Phi) is 4.10. The van der Waals surface area contributed by atoms with Gasteiger partial charge in [-0.05, 0) is 44.0 Å². The summed E-state index contributed by atoms with van der Waals surface area (Å²) >= 11 is 0. The average Bonchev–Trinajstić information content (AvgIpc) is 3.22. The maximum absolute atomic E-state index is 14.1. The molecule has 0 aliphatic carbocycles. The molecule has 146 valence electrons. The topological polar surface area (TPSA) is 96.2 Å². The first kappa shape index (κ1) is 18.0. The van der Waals surface area contributed by atoms with Gasteiger partial charge in [-0.3, -0.25) is 14.1 Å². The van der Waals surface area contributed by atoms with Crippen LogP contribution in [0.25, 0.3) is 16.9 Å². The normalized spacial score (nSPS) is 16.3. The second-order valence-corrected chi connectivity index (χ2v) is 7.02. The predicted octanol–water partition coefficient (Wildman–Crippen LogP) is 2.84. The Bertz CT molecular complexity index is 1120. The summed E-state index contributed by atoms with van der Waals surface area (Å²) in [7, 11) is 0. The molecule has 4 rings (SSSR count). The smallest absolute Gasteiger partial charge is 0.407 e. The molecule has 0 saturated heterocycles. The number of hydrogen-bond acceptors (Lipinski definition) is 3. The molecule has 1 atom stereocenters. The lowest BCUT2D eigenvalue weighted by molar-refractivity contribution is 0.113. The van der Waals surface area contributed by atoms with Crippen molar-refractivity contribution in [3.8, 4) is 16.9 Å². The van der Waals surface area contributed by atoms with Gasteiger partial charge in [0.1, 0.15) is 17.2 Å². The standard InChI is InChI=1S/C19H20FN5O3/c1-10-8-13(9-11(2)14(10)20)15-17(24-5-4-21-18(24)26)16-12(3)23(19(27)28)6-7-25(16)22-15/h4-5,8-9,12H,6-7H2,1-3H3,(H,21,26)(H,27,28). The summed E-state index contributed by atoms with van der Waals surface area (Å²) in [4.78, 5) is 27.9. The van der Waals surface area contributed by atoms with Crippen LogP contribution in [0.3, 0.4) is 0 Å². The number of nitrogens with zero attached hydrogens (tertiary/aromatic N) is 4. The van der Waals surface area contributed by atoms with E-state index in [1.165, 1.54) is 15.7 Å². The van der Waals surface area contributed by atoms with Crippen LogP contribution in [0.15, 0.2) is 29.3 Å². The molecule has 3 heterocycles. The molecule has 8 nitrogen and oxygen atoms in total. The number of benzene rings is 1. The second-order valence-electron chi connectivity index (χ2n) is 7.02. The van der Waals surface area contributed by atoms with Crippen LogP contribution in [0, 0.1) is 19.7 Å². The lowest BCUT2D eigenvalue weighted by Gasteiger charge is -2.32. The van der Waals surface area contributed by atoms with E-state index in [0.717, 1.165) is 0 Å². The van der Waals surface area contributed by atoms with Crippen molar-refractivity contribution >= 4 is 6.09 Å². The summed E-state index contributed by atoms with van der Waals surface area (Å²) in [6.45, 7) is 5.80. The molecule has 1 unspecified atom stereocenters. The summed E-state index contributed by atoms with van der Waals surface area (Å²) in [6, 6.07) is 2.89. The first-order valence-corrected chi connectivity index (χ1v) is 8.93. The highest BCUT2D eigenvalue weighted by Gasteiger charge is 2.34. The Balaban J connectivity index is 2.02. The summed E-state index contributed by atoms with van der Waals surface area (Å²) in [5.74, 6) is -0.279. The molecule has 0 bridgehead atoms. The number of halogens is 1. The maximum Gasteiger partial charge on any atom is 0.407 e. The Morgan fingerprint density at radius 2 is 1.96 bits per heavy atom. The van der Waals surface area contributed by atoms with Gasteiger partial charge in [-0.15, -0.1) is 0 Å². The third kappa shape index (κ3) is 2.62. The molecule has 0 radical (unpaired) electrons. The summed E-state index contributed by atoms with van der Waals surface area (Å²) in [5, 5.41) is 14.2. The number of nitrogens with one attached hydrogen (secondary N) is 1. The fourth-order valence-corrected chi connectivity index (χ4v) is 3.87. The van der Waals surface area contributed by atoms with E-state index in [1.54, 1.807) is 43.8 Å². The predicted molar refractivity (Wildman–Crippen MR) is 100 cm³/mol. The average molecular weight is 385 g/mol. The number of hydrogen-bond donors (Lipinski definition) is 2. The van der Waals surface area contributed by atoms with Crippen molar-refractivity contribution in [3.05, 3.63) is 57.6 Å². The molecule has 1 aliphatic rings. The highest BCUT2D eigenvalue weighted by molar-refractivity contribution is 5.74. The number of imidazole rings is 1. The molecule has 3 aromatic rings. The fraction of sp³-hybridized carbons (Fsp3) is 0.316. The molecule has 28 heavy (non-hydrogen) atoms. The fourth-order valence-electron chi connectivity index (χ4n) is 3.87. The van der Waals surface area contributed by atoms with Gasteiger partial charge in [0.05, 0.1) is 18.3 Å². The van der Waals surface area contributed by atoms with Crippen LogP contribution < -0.4 is 5.69 Å². The van der Waals surface area contributed by atoms with Crippen LogP contribution in [0.4, 0.5) is 9.18 Å². The summed E-state index contributed by atoms with van der Waals surface area (Å²) in [6.07, 6.45) is 2.07. The number of carboxylic acid groups (broad SMARTS) is 1. The Morgan fingerprint density at radius 1 is 1.29 bits per heavy atom. The number of aryl methyl sites for hydroxylation is 2. The van der Waals surface area contributed by atoms with Gasteiger partial charge in [0.2, 0.25) is 0 Å². The van der Waals surface area contributed by atoms with Gasteiger partial charge in [0, 0.05) is 24.5 Å². The number of fused-ring (bicyclic) bond motifs is 1. The van der Waals surface area contributed by atoms with Crippen LogP contribution in [0.5, 0.6) is 0 Å². The second kappa shape index (κ2) is 6.36. The molecule has 0 saturated carbocycles. The Labute approximate surface area is 159 Å². The Hall–Kier alpha value is -3.36. The number of H-pyrrole nitrogens is 1. The van der Waals surface area contributed by atoms with Crippen molar-refractivity contribution in [2.45, 2.75) is 33.4 Å². The monoisotopic (exact) mass is 385 g/mol. The van der Waals surface area contributed by atoms with E-state index in [9.17, 15) is 19.1 Å². The van der Waals surface area contributed by atoms with E-state index >= 15 is 0 Å². The number of carbonyl (C=O) groups is 1. The first-order valence-electron chi connectivity index (χ1n) is 8.93. The quantitative estimate of drug-likeness (QED) is 0.709. The zero-order chi connectivity index (χ0) is 20.2. The molecule has 1 amide bonds. The van der Waals surface area contributed by atoms with Crippen molar-refractivity contribution in [2.75, 3.05) is 6.54 Å². The van der Waals surface area contributed by atoms with E-state index in [2.05, 4.69) is 10.1 Å². The van der Waals surface area contributed by atoms with Gasteiger partial charge < -0.3 is 10.1 Å². The summed E-state index contributed by atoms with van der Waals surface area (Å²) in [5.41, 5.74) is 2.94. The van der Waals surface area contributed by atoms with Crippen molar-refractivity contribution in [2.24, 2.45) is 0 Å². The first-order chi connectivity index (χ1) is 13.3. The van der Waals surface area contributed by atoms with Crippen LogP contribution in [0.1, 0.15) is 29.8 Å². The van der Waals surface area contributed by atoms with Crippen molar-refractivity contribution in [1.29, 1.82) is 0 Å². The van der Waals surface area contributed by atoms with Gasteiger partial charge in [-0.25, -0.2) is 14.0 Å². The minimum Gasteiger partial charge on any atom is -0.465 e. The largest absolute Gasteiger partial charge is 0.465 e. The van der Waals surface area contributed by atoms with E-state index < -0.39 is 12.1 Å². The number of aromatic nitrogens is 4. The Morgan fingerprint density at radius 3 is 2.54 bits per heavy atom. The maximum atomic E-state index is 14.1. The SMILES string of the molecule is Cc1cc(-c2nn3c(c2-n2cc[nH]c2=O)C(C)N(C(=O)O)CC3)cc(C)c1F. The summed E-state index contributed by atoms with van der Waals surface area (Å²) < 4.78 is 17.3. The molecular weight excluding hydrogens is 365 g/mol. The third-order valence-electron chi connectivity index (χ3n) is 5.23. The van der Waals surface area contributed by atoms with Crippen LogP contribution in [-0.2, 0) is 6.54 Å². The highest BCUT2D eigenvalue weighted by atomic mass is 19.1. The molecule has 1 aromatic carbocycles. The van der Waals surface area contributed by atoms with Gasteiger partial charge in [-0.2, -0.15) is 5.10 Å². The van der Waals surface area contributed by atoms with E-state index in [0.29, 0.717) is 46.9 Å².